The summed E-state index contributed by atoms with van der Waals surface area (Å²) in [4.78, 5) is 24.3. The number of rotatable bonds is 9. The van der Waals surface area contributed by atoms with Crippen molar-refractivity contribution >= 4 is 11.9 Å². The van der Waals surface area contributed by atoms with E-state index in [0.29, 0.717) is 0 Å². The second kappa shape index (κ2) is 8.41. The zero-order chi connectivity index (χ0) is 15.8. The summed E-state index contributed by atoms with van der Waals surface area (Å²) in [5.74, 6) is -1.27. The van der Waals surface area contributed by atoms with Gasteiger partial charge in [0.05, 0.1) is 12.3 Å². The Morgan fingerprint density at radius 2 is 2.10 bits per heavy atom. The highest BCUT2D eigenvalue weighted by atomic mass is 16.5. The predicted octanol–water partition coefficient (Wildman–Crippen LogP) is 1.75. The van der Waals surface area contributed by atoms with Gasteiger partial charge in [0.1, 0.15) is 6.54 Å². The van der Waals surface area contributed by atoms with E-state index < -0.39 is 18.4 Å². The van der Waals surface area contributed by atoms with Crippen LogP contribution in [0.5, 0.6) is 0 Å². The third-order valence-electron chi connectivity index (χ3n) is 3.32. The maximum Gasteiger partial charge on any atom is 0.323 e. The molecule has 118 valence electrons. The van der Waals surface area contributed by atoms with Crippen LogP contribution in [-0.4, -0.2) is 53.8 Å². The summed E-state index contributed by atoms with van der Waals surface area (Å²) in [5, 5.41) is 12.8. The van der Waals surface area contributed by atoms with E-state index in [0.717, 1.165) is 18.5 Å². The van der Waals surface area contributed by atoms with Crippen molar-refractivity contribution in [3.63, 3.8) is 0 Å². The third kappa shape index (κ3) is 4.86. The lowest BCUT2D eigenvalue weighted by molar-refractivity contribution is -0.137. The summed E-state index contributed by atoms with van der Waals surface area (Å²) >= 11 is 0. The number of nitrogens with zero attached hydrogens (tertiary/aromatic N) is 2. The Balaban J connectivity index is 2.85. The number of aliphatic carboxylic acids is 1. The number of carbonyl (C=O) groups excluding carboxylic acids is 1. The van der Waals surface area contributed by atoms with Crippen molar-refractivity contribution in [2.24, 2.45) is 0 Å². The quantitative estimate of drug-likeness (QED) is 0.746. The fraction of sp³-hybridized carbons (Fsp3) is 0.643. The highest BCUT2D eigenvalue weighted by molar-refractivity contribution is 5.93. The molecule has 0 aliphatic heterocycles. The molecule has 21 heavy (non-hydrogen) atoms. The molecule has 0 atom stereocenters. The van der Waals surface area contributed by atoms with Crippen LogP contribution >= 0.6 is 0 Å². The molecule has 0 aromatic carbocycles. The zero-order valence-electron chi connectivity index (χ0n) is 12.7. The molecule has 1 aromatic heterocycles. The second-order valence-electron chi connectivity index (χ2n) is 4.74. The van der Waals surface area contributed by atoms with Crippen LogP contribution in [0.1, 0.15) is 48.9 Å². The lowest BCUT2D eigenvalue weighted by Gasteiger charge is -2.18. The summed E-state index contributed by atoms with van der Waals surface area (Å²) in [6.45, 7) is 4.12. The summed E-state index contributed by atoms with van der Waals surface area (Å²) in [6.07, 6.45) is 1.80. The minimum atomic E-state index is -1.08. The Kier molecular flexibility index (Phi) is 6.87. The standard InChI is InChI=1S/C14H22N2O5/c1-4-10(5-2)11-8-12(21-15-11)14(19)16(6-7-20-3)9-13(17)18/h8,10H,4-7,9H2,1-3H3,(H,17,18). The maximum atomic E-state index is 12.3. The summed E-state index contributed by atoms with van der Waals surface area (Å²) in [6, 6.07) is 1.60. The van der Waals surface area contributed by atoms with Crippen LogP contribution in [0.2, 0.25) is 0 Å². The zero-order valence-corrected chi connectivity index (χ0v) is 12.7. The van der Waals surface area contributed by atoms with E-state index in [1.165, 1.54) is 12.0 Å². The van der Waals surface area contributed by atoms with E-state index >= 15 is 0 Å². The van der Waals surface area contributed by atoms with Crippen LogP contribution in [0.15, 0.2) is 10.6 Å². The van der Waals surface area contributed by atoms with E-state index in [1.54, 1.807) is 6.07 Å². The summed E-state index contributed by atoms with van der Waals surface area (Å²) in [5.41, 5.74) is 0.727. The molecule has 0 radical (unpaired) electrons. The molecular formula is C14H22N2O5. The molecule has 0 saturated heterocycles. The van der Waals surface area contributed by atoms with Gasteiger partial charge in [0.15, 0.2) is 0 Å². The molecule has 7 heteroatoms. The van der Waals surface area contributed by atoms with Crippen molar-refractivity contribution in [1.82, 2.24) is 10.1 Å². The second-order valence-corrected chi connectivity index (χ2v) is 4.74. The minimum absolute atomic E-state index is 0.0641. The first-order chi connectivity index (χ1) is 10.0. The first kappa shape index (κ1) is 17.2. The Morgan fingerprint density at radius 1 is 1.43 bits per heavy atom. The van der Waals surface area contributed by atoms with E-state index in [9.17, 15) is 9.59 Å². The molecule has 1 N–H and O–H groups in total. The third-order valence-corrected chi connectivity index (χ3v) is 3.32. The normalized spacial score (nSPS) is 10.9. The number of carbonyl (C=O) groups is 2. The maximum absolute atomic E-state index is 12.3. The van der Waals surface area contributed by atoms with Crippen molar-refractivity contribution in [2.75, 3.05) is 26.8 Å². The number of carboxylic acids is 1. The fourth-order valence-electron chi connectivity index (χ4n) is 2.06. The van der Waals surface area contributed by atoms with Crippen molar-refractivity contribution in [3.05, 3.63) is 17.5 Å². The first-order valence-corrected chi connectivity index (χ1v) is 7.00. The molecular weight excluding hydrogens is 276 g/mol. The number of hydrogen-bond acceptors (Lipinski definition) is 5. The number of hydrogen-bond donors (Lipinski definition) is 1. The molecule has 1 rings (SSSR count). The average Bonchev–Trinajstić information content (AvgIpc) is 2.93. The van der Waals surface area contributed by atoms with Crippen LogP contribution < -0.4 is 0 Å². The van der Waals surface area contributed by atoms with Gasteiger partial charge in [0.2, 0.25) is 5.76 Å². The molecule has 0 aliphatic carbocycles. The number of carboxylic acid groups (broad SMARTS) is 1. The monoisotopic (exact) mass is 298 g/mol. The lowest BCUT2D eigenvalue weighted by atomic mass is 9.99. The Morgan fingerprint density at radius 3 is 2.62 bits per heavy atom. The van der Waals surface area contributed by atoms with E-state index in [4.69, 9.17) is 14.4 Å². The van der Waals surface area contributed by atoms with Crippen LogP contribution in [0.4, 0.5) is 0 Å². The van der Waals surface area contributed by atoms with Gasteiger partial charge in [-0.15, -0.1) is 0 Å². The first-order valence-electron chi connectivity index (χ1n) is 7.00. The lowest BCUT2D eigenvalue weighted by Crippen LogP contribution is -2.37. The molecule has 0 saturated carbocycles. The van der Waals surface area contributed by atoms with E-state index in [-0.39, 0.29) is 24.8 Å². The molecule has 1 heterocycles. The van der Waals surface area contributed by atoms with Gasteiger partial charge >= 0.3 is 5.97 Å². The Labute approximate surface area is 123 Å². The van der Waals surface area contributed by atoms with Crippen LogP contribution in [0.25, 0.3) is 0 Å². The molecule has 0 unspecified atom stereocenters. The Bertz CT molecular complexity index is 468. The van der Waals surface area contributed by atoms with E-state index in [1.807, 2.05) is 13.8 Å². The van der Waals surface area contributed by atoms with Gasteiger partial charge in [0.25, 0.3) is 5.91 Å². The highest BCUT2D eigenvalue weighted by Gasteiger charge is 2.23. The number of ether oxygens (including phenoxy) is 1. The van der Waals surface area contributed by atoms with Crippen LogP contribution in [-0.2, 0) is 9.53 Å². The highest BCUT2D eigenvalue weighted by Crippen LogP contribution is 2.22. The summed E-state index contributed by atoms with van der Waals surface area (Å²) in [7, 11) is 1.49. The molecule has 1 aromatic rings. The SMILES string of the molecule is CCC(CC)c1cc(C(=O)N(CCOC)CC(=O)O)on1. The van der Waals surface area contributed by atoms with Gasteiger partial charge in [-0.05, 0) is 12.8 Å². The van der Waals surface area contributed by atoms with Gasteiger partial charge in [-0.25, -0.2) is 0 Å². The largest absolute Gasteiger partial charge is 0.480 e. The van der Waals surface area contributed by atoms with Gasteiger partial charge in [-0.3, -0.25) is 9.59 Å². The Hall–Kier alpha value is -1.89. The van der Waals surface area contributed by atoms with Gasteiger partial charge < -0.3 is 19.3 Å². The topological polar surface area (TPSA) is 92.9 Å². The van der Waals surface area contributed by atoms with Gasteiger partial charge in [-0.1, -0.05) is 19.0 Å². The van der Waals surface area contributed by atoms with Gasteiger partial charge in [0, 0.05) is 25.6 Å². The molecule has 0 fully saturated rings. The fourth-order valence-corrected chi connectivity index (χ4v) is 2.06. The van der Waals surface area contributed by atoms with Crippen molar-refractivity contribution in [1.29, 1.82) is 0 Å². The molecule has 1 amide bonds. The minimum Gasteiger partial charge on any atom is -0.480 e. The van der Waals surface area contributed by atoms with Crippen molar-refractivity contribution in [3.8, 4) is 0 Å². The predicted molar refractivity (Wildman–Crippen MR) is 75.2 cm³/mol. The smallest absolute Gasteiger partial charge is 0.323 e. The van der Waals surface area contributed by atoms with Crippen LogP contribution in [0.3, 0.4) is 0 Å². The number of aromatic nitrogens is 1. The molecule has 0 bridgehead atoms. The molecule has 0 aliphatic rings. The van der Waals surface area contributed by atoms with Crippen molar-refractivity contribution < 1.29 is 24.0 Å². The molecule has 7 nitrogen and oxygen atoms in total. The van der Waals surface area contributed by atoms with E-state index in [2.05, 4.69) is 5.16 Å². The van der Waals surface area contributed by atoms with Crippen LogP contribution in [0, 0.1) is 0 Å². The average molecular weight is 298 g/mol. The molecule has 0 spiro atoms. The number of methoxy groups -OCH3 is 1. The van der Waals surface area contributed by atoms with Gasteiger partial charge in [-0.2, -0.15) is 0 Å². The number of amides is 1. The van der Waals surface area contributed by atoms with Crippen molar-refractivity contribution in [2.45, 2.75) is 32.6 Å². The summed E-state index contributed by atoms with van der Waals surface area (Å²) < 4.78 is 9.96.